The summed E-state index contributed by atoms with van der Waals surface area (Å²) in [6.45, 7) is 3.47. The summed E-state index contributed by atoms with van der Waals surface area (Å²) in [4.78, 5) is 23.8. The lowest BCUT2D eigenvalue weighted by atomic mass is 10.1. The maximum Gasteiger partial charge on any atom is 0.338 e. The second-order valence-electron chi connectivity index (χ2n) is 5.10. The van der Waals surface area contributed by atoms with Gasteiger partial charge in [0.15, 0.2) is 6.61 Å². The zero-order chi connectivity index (χ0) is 17.0. The Kier molecular flexibility index (Phi) is 5.64. The topological polar surface area (TPSA) is 55.4 Å². The Hall–Kier alpha value is -2.04. The van der Waals surface area contributed by atoms with E-state index in [0.29, 0.717) is 15.7 Å². The minimum atomic E-state index is -0.662. The minimum Gasteiger partial charge on any atom is -0.452 e. The van der Waals surface area contributed by atoms with Gasteiger partial charge in [-0.2, -0.15) is 0 Å². The van der Waals surface area contributed by atoms with Crippen LogP contribution in [0.3, 0.4) is 0 Å². The van der Waals surface area contributed by atoms with Crippen LogP contribution in [-0.4, -0.2) is 18.5 Å². The van der Waals surface area contributed by atoms with Gasteiger partial charge in [-0.3, -0.25) is 4.79 Å². The molecule has 4 nitrogen and oxygen atoms in total. The number of hydrogen-bond donors (Lipinski definition) is 1. The summed E-state index contributed by atoms with van der Waals surface area (Å²) in [5.41, 5.74) is 2.92. The lowest BCUT2D eigenvalue weighted by molar-refractivity contribution is -0.119. The van der Waals surface area contributed by atoms with Crippen LogP contribution < -0.4 is 5.32 Å². The predicted molar refractivity (Wildman–Crippen MR) is 91.3 cm³/mol. The Balaban J connectivity index is 1.94. The highest BCUT2D eigenvalue weighted by molar-refractivity contribution is 6.35. The fraction of sp³-hybridized carbons (Fsp3) is 0.176. The number of ether oxygens (including phenoxy) is 1. The molecule has 0 unspecified atom stereocenters. The third kappa shape index (κ3) is 4.98. The van der Waals surface area contributed by atoms with Gasteiger partial charge in [-0.15, -0.1) is 0 Å². The van der Waals surface area contributed by atoms with E-state index >= 15 is 0 Å². The number of benzene rings is 2. The van der Waals surface area contributed by atoms with Gasteiger partial charge in [0.2, 0.25) is 0 Å². The van der Waals surface area contributed by atoms with Gasteiger partial charge in [-0.25, -0.2) is 4.79 Å². The summed E-state index contributed by atoms with van der Waals surface area (Å²) in [5.74, 6) is -1.08. The van der Waals surface area contributed by atoms with Crippen molar-refractivity contribution >= 4 is 40.8 Å². The third-order valence-electron chi connectivity index (χ3n) is 3.09. The molecule has 0 aliphatic heterocycles. The normalized spacial score (nSPS) is 10.3. The first-order chi connectivity index (χ1) is 10.8. The Morgan fingerprint density at radius 2 is 1.70 bits per heavy atom. The zero-order valence-electron chi connectivity index (χ0n) is 12.7. The summed E-state index contributed by atoms with van der Waals surface area (Å²) in [6.07, 6.45) is 0. The van der Waals surface area contributed by atoms with Gasteiger partial charge in [0.05, 0.1) is 5.56 Å². The van der Waals surface area contributed by atoms with Crippen molar-refractivity contribution in [3.05, 3.63) is 63.1 Å². The smallest absolute Gasteiger partial charge is 0.338 e. The van der Waals surface area contributed by atoms with E-state index in [2.05, 4.69) is 5.32 Å². The summed E-state index contributed by atoms with van der Waals surface area (Å²) in [5, 5.41) is 3.35. The number of carbonyl (C=O) groups is 2. The largest absolute Gasteiger partial charge is 0.452 e. The third-order valence-corrected chi connectivity index (χ3v) is 3.53. The van der Waals surface area contributed by atoms with Crippen molar-refractivity contribution in [1.29, 1.82) is 0 Å². The van der Waals surface area contributed by atoms with E-state index in [4.69, 9.17) is 27.9 Å². The summed E-state index contributed by atoms with van der Waals surface area (Å²) in [7, 11) is 0. The molecule has 1 N–H and O–H groups in total. The second kappa shape index (κ2) is 7.49. The SMILES string of the molecule is Cc1ccc(NC(=O)COC(=O)c2cc(Cl)cc(Cl)c2)c(C)c1. The highest BCUT2D eigenvalue weighted by Gasteiger charge is 2.12. The van der Waals surface area contributed by atoms with Gasteiger partial charge in [0.1, 0.15) is 0 Å². The molecule has 0 heterocycles. The molecule has 120 valence electrons. The molecular formula is C17H15Cl2NO3. The standard InChI is InChI=1S/C17H15Cl2NO3/c1-10-3-4-15(11(2)5-10)20-16(21)9-23-17(22)12-6-13(18)8-14(19)7-12/h3-8H,9H2,1-2H3,(H,20,21). The number of carbonyl (C=O) groups excluding carboxylic acids is 2. The molecule has 0 saturated heterocycles. The molecule has 2 aromatic carbocycles. The fourth-order valence-corrected chi connectivity index (χ4v) is 2.55. The molecule has 0 atom stereocenters. The van der Waals surface area contributed by atoms with Crippen molar-refractivity contribution in [2.24, 2.45) is 0 Å². The number of esters is 1. The first-order valence-electron chi connectivity index (χ1n) is 6.85. The van der Waals surface area contributed by atoms with Crippen LogP contribution in [0.25, 0.3) is 0 Å². The first kappa shape index (κ1) is 17.3. The van der Waals surface area contributed by atoms with Crippen LogP contribution in [0.5, 0.6) is 0 Å². The number of amides is 1. The molecule has 2 rings (SSSR count). The van der Waals surface area contributed by atoms with Crippen molar-refractivity contribution in [1.82, 2.24) is 0 Å². The molecule has 0 bridgehead atoms. The van der Waals surface area contributed by atoms with E-state index in [1.54, 1.807) is 6.07 Å². The monoisotopic (exact) mass is 351 g/mol. The van der Waals surface area contributed by atoms with Crippen molar-refractivity contribution in [3.8, 4) is 0 Å². The Morgan fingerprint density at radius 1 is 1.04 bits per heavy atom. The lowest BCUT2D eigenvalue weighted by Crippen LogP contribution is -2.21. The molecular weight excluding hydrogens is 337 g/mol. The van der Waals surface area contributed by atoms with E-state index in [1.165, 1.54) is 18.2 Å². The summed E-state index contributed by atoms with van der Waals surface area (Å²) >= 11 is 11.6. The van der Waals surface area contributed by atoms with E-state index in [0.717, 1.165) is 11.1 Å². The summed E-state index contributed by atoms with van der Waals surface area (Å²) < 4.78 is 4.97. The maximum atomic E-state index is 11.9. The van der Waals surface area contributed by atoms with E-state index < -0.39 is 18.5 Å². The van der Waals surface area contributed by atoms with Crippen LogP contribution in [0.4, 0.5) is 5.69 Å². The van der Waals surface area contributed by atoms with E-state index in [-0.39, 0.29) is 5.56 Å². The van der Waals surface area contributed by atoms with Crippen molar-refractivity contribution < 1.29 is 14.3 Å². The number of nitrogens with one attached hydrogen (secondary N) is 1. The van der Waals surface area contributed by atoms with Crippen molar-refractivity contribution in [2.75, 3.05) is 11.9 Å². The maximum absolute atomic E-state index is 11.9. The molecule has 1 amide bonds. The van der Waals surface area contributed by atoms with Gasteiger partial charge in [-0.1, -0.05) is 40.9 Å². The molecule has 23 heavy (non-hydrogen) atoms. The number of aryl methyl sites for hydroxylation is 2. The average molecular weight is 352 g/mol. The molecule has 0 fully saturated rings. The highest BCUT2D eigenvalue weighted by Crippen LogP contribution is 2.20. The highest BCUT2D eigenvalue weighted by atomic mass is 35.5. The Bertz CT molecular complexity index is 739. The Morgan fingerprint density at radius 3 is 2.30 bits per heavy atom. The van der Waals surface area contributed by atoms with E-state index in [1.807, 2.05) is 26.0 Å². The van der Waals surface area contributed by atoms with Crippen LogP contribution in [-0.2, 0) is 9.53 Å². The van der Waals surface area contributed by atoms with Gasteiger partial charge in [-0.05, 0) is 43.7 Å². The molecule has 0 aliphatic carbocycles. The van der Waals surface area contributed by atoms with Crippen LogP contribution in [0, 0.1) is 13.8 Å². The van der Waals surface area contributed by atoms with Crippen molar-refractivity contribution in [3.63, 3.8) is 0 Å². The quantitative estimate of drug-likeness (QED) is 0.830. The van der Waals surface area contributed by atoms with Crippen LogP contribution in [0.2, 0.25) is 10.0 Å². The number of halogens is 2. The zero-order valence-corrected chi connectivity index (χ0v) is 14.2. The summed E-state index contributed by atoms with van der Waals surface area (Å²) in [6, 6.07) is 10.0. The van der Waals surface area contributed by atoms with Crippen LogP contribution in [0.1, 0.15) is 21.5 Å². The number of rotatable bonds is 4. The molecule has 6 heteroatoms. The second-order valence-corrected chi connectivity index (χ2v) is 5.97. The first-order valence-corrected chi connectivity index (χ1v) is 7.61. The lowest BCUT2D eigenvalue weighted by Gasteiger charge is -2.10. The molecule has 0 spiro atoms. The van der Waals surface area contributed by atoms with E-state index in [9.17, 15) is 9.59 Å². The molecule has 0 radical (unpaired) electrons. The number of hydrogen-bond acceptors (Lipinski definition) is 3. The molecule has 2 aromatic rings. The molecule has 0 saturated carbocycles. The number of anilines is 1. The molecule has 0 aliphatic rings. The van der Waals surface area contributed by atoms with Crippen molar-refractivity contribution in [2.45, 2.75) is 13.8 Å². The van der Waals surface area contributed by atoms with Crippen LogP contribution >= 0.6 is 23.2 Å². The Labute approximate surface area is 144 Å². The fourth-order valence-electron chi connectivity index (χ4n) is 2.03. The van der Waals surface area contributed by atoms with Gasteiger partial charge in [0, 0.05) is 15.7 Å². The van der Waals surface area contributed by atoms with Gasteiger partial charge < -0.3 is 10.1 Å². The van der Waals surface area contributed by atoms with Gasteiger partial charge in [0.25, 0.3) is 5.91 Å². The predicted octanol–water partition coefficient (Wildman–Crippen LogP) is 4.41. The van der Waals surface area contributed by atoms with Crippen LogP contribution in [0.15, 0.2) is 36.4 Å². The molecule has 0 aromatic heterocycles. The average Bonchev–Trinajstić information content (AvgIpc) is 2.46. The minimum absolute atomic E-state index is 0.196. The van der Waals surface area contributed by atoms with Gasteiger partial charge >= 0.3 is 5.97 Å².